The monoisotopic (exact) mass is 290 g/mol. The predicted molar refractivity (Wildman–Crippen MR) is 82.3 cm³/mol. The van der Waals surface area contributed by atoms with Crippen LogP contribution in [-0.2, 0) is 13.2 Å². The van der Waals surface area contributed by atoms with E-state index in [-0.39, 0.29) is 0 Å². The van der Waals surface area contributed by atoms with Gasteiger partial charge in [0.05, 0.1) is 5.69 Å². The van der Waals surface area contributed by atoms with E-state index in [1.807, 2.05) is 45.3 Å². The third-order valence-electron chi connectivity index (χ3n) is 3.06. The predicted octanol–water partition coefficient (Wildman–Crippen LogP) is 3.65. The molecule has 0 radical (unpaired) electrons. The summed E-state index contributed by atoms with van der Waals surface area (Å²) in [5, 5.41) is 3.84. The average Bonchev–Trinajstić information content (AvgIpc) is 2.39. The smallest absolute Gasteiger partial charge is 0.130 e. The summed E-state index contributed by atoms with van der Waals surface area (Å²) < 4.78 is 5.87. The van der Waals surface area contributed by atoms with Crippen molar-refractivity contribution < 1.29 is 4.74 Å². The first-order chi connectivity index (χ1) is 9.60. The molecule has 0 aliphatic heterocycles. The number of ether oxygens (including phenoxy) is 1. The van der Waals surface area contributed by atoms with Crippen LogP contribution in [0.2, 0.25) is 5.02 Å². The molecule has 0 bridgehead atoms. The van der Waals surface area contributed by atoms with Crippen molar-refractivity contribution in [2.24, 2.45) is 0 Å². The largest absolute Gasteiger partial charge is 0.487 e. The van der Waals surface area contributed by atoms with Crippen LogP contribution in [0.5, 0.6) is 5.75 Å². The van der Waals surface area contributed by atoms with E-state index >= 15 is 0 Å². The minimum atomic E-state index is 0.461. The third kappa shape index (κ3) is 3.71. The number of hydrogen-bond donors (Lipinski definition) is 1. The summed E-state index contributed by atoms with van der Waals surface area (Å²) in [5.41, 5.74) is 4.16. The molecule has 1 heterocycles. The van der Waals surface area contributed by atoms with Crippen molar-refractivity contribution in [2.45, 2.75) is 27.0 Å². The van der Waals surface area contributed by atoms with Crippen LogP contribution in [-0.4, -0.2) is 12.0 Å². The summed E-state index contributed by atoms with van der Waals surface area (Å²) in [6, 6.07) is 7.87. The molecule has 106 valence electrons. The van der Waals surface area contributed by atoms with Gasteiger partial charge in [-0.25, -0.2) is 0 Å². The highest BCUT2D eigenvalue weighted by molar-refractivity contribution is 6.30. The number of benzene rings is 1. The minimum Gasteiger partial charge on any atom is -0.487 e. The lowest BCUT2D eigenvalue weighted by Crippen LogP contribution is -2.06. The molecule has 0 atom stereocenters. The maximum absolute atomic E-state index is 6.01. The lowest BCUT2D eigenvalue weighted by Gasteiger charge is -2.12. The van der Waals surface area contributed by atoms with Gasteiger partial charge in [-0.05, 0) is 55.8 Å². The normalized spacial score (nSPS) is 10.6. The van der Waals surface area contributed by atoms with Crippen LogP contribution in [0.4, 0.5) is 0 Å². The molecular weight excluding hydrogens is 272 g/mol. The van der Waals surface area contributed by atoms with Crippen molar-refractivity contribution in [3.63, 3.8) is 0 Å². The van der Waals surface area contributed by atoms with Crippen LogP contribution in [0.15, 0.2) is 30.5 Å². The Morgan fingerprint density at radius 2 is 1.90 bits per heavy atom. The zero-order valence-electron chi connectivity index (χ0n) is 12.0. The lowest BCUT2D eigenvalue weighted by atomic mass is 10.1. The Morgan fingerprint density at radius 1 is 1.20 bits per heavy atom. The number of pyridine rings is 1. The molecule has 2 aromatic rings. The number of nitrogens with zero attached hydrogens (tertiary/aromatic N) is 1. The van der Waals surface area contributed by atoms with E-state index in [0.29, 0.717) is 6.61 Å². The molecule has 0 amide bonds. The van der Waals surface area contributed by atoms with E-state index in [0.717, 1.165) is 39.7 Å². The van der Waals surface area contributed by atoms with Gasteiger partial charge < -0.3 is 10.1 Å². The zero-order chi connectivity index (χ0) is 14.5. The SMILES string of the molecule is CNCc1ccc(COc2c(C)cc(Cl)cc2C)nc1. The van der Waals surface area contributed by atoms with Crippen LogP contribution >= 0.6 is 11.6 Å². The van der Waals surface area contributed by atoms with Gasteiger partial charge in [-0.2, -0.15) is 0 Å². The molecule has 4 heteroatoms. The van der Waals surface area contributed by atoms with E-state index in [2.05, 4.69) is 16.4 Å². The number of nitrogens with one attached hydrogen (secondary N) is 1. The maximum atomic E-state index is 6.01. The number of aromatic nitrogens is 1. The Morgan fingerprint density at radius 3 is 2.45 bits per heavy atom. The van der Waals surface area contributed by atoms with Gasteiger partial charge in [0.25, 0.3) is 0 Å². The highest BCUT2D eigenvalue weighted by Gasteiger charge is 2.06. The molecule has 1 N–H and O–H groups in total. The van der Waals surface area contributed by atoms with Gasteiger partial charge in [0.2, 0.25) is 0 Å². The van der Waals surface area contributed by atoms with E-state index in [1.165, 1.54) is 0 Å². The van der Waals surface area contributed by atoms with E-state index in [1.54, 1.807) is 0 Å². The van der Waals surface area contributed by atoms with Gasteiger partial charge in [-0.1, -0.05) is 17.7 Å². The fourth-order valence-corrected chi connectivity index (χ4v) is 2.45. The van der Waals surface area contributed by atoms with Gasteiger partial charge in [0, 0.05) is 17.8 Å². The van der Waals surface area contributed by atoms with Crippen LogP contribution in [0.25, 0.3) is 0 Å². The Hall–Kier alpha value is -1.58. The summed E-state index contributed by atoms with van der Waals surface area (Å²) in [7, 11) is 1.92. The highest BCUT2D eigenvalue weighted by atomic mass is 35.5. The van der Waals surface area contributed by atoms with Crippen LogP contribution < -0.4 is 10.1 Å². The minimum absolute atomic E-state index is 0.461. The van der Waals surface area contributed by atoms with Crippen LogP contribution in [0.3, 0.4) is 0 Å². The quantitative estimate of drug-likeness (QED) is 0.913. The second-order valence-corrected chi connectivity index (χ2v) is 5.28. The molecule has 0 aliphatic rings. The first-order valence-corrected chi connectivity index (χ1v) is 6.96. The van der Waals surface area contributed by atoms with Crippen molar-refractivity contribution in [3.8, 4) is 5.75 Å². The van der Waals surface area contributed by atoms with Crippen molar-refractivity contribution in [1.82, 2.24) is 10.3 Å². The zero-order valence-corrected chi connectivity index (χ0v) is 12.8. The molecular formula is C16H19ClN2O. The van der Waals surface area contributed by atoms with Gasteiger partial charge in [0.15, 0.2) is 0 Å². The van der Waals surface area contributed by atoms with Crippen LogP contribution in [0, 0.1) is 13.8 Å². The summed E-state index contributed by atoms with van der Waals surface area (Å²) >= 11 is 6.01. The maximum Gasteiger partial charge on any atom is 0.130 e. The van der Waals surface area contributed by atoms with Crippen molar-refractivity contribution in [1.29, 1.82) is 0 Å². The van der Waals surface area contributed by atoms with Gasteiger partial charge in [-0.15, -0.1) is 0 Å². The molecule has 0 fully saturated rings. The lowest BCUT2D eigenvalue weighted by molar-refractivity contribution is 0.297. The molecule has 0 unspecified atom stereocenters. The molecule has 0 saturated carbocycles. The Kier molecular flexibility index (Phi) is 4.99. The molecule has 0 spiro atoms. The molecule has 2 rings (SSSR count). The fourth-order valence-electron chi connectivity index (χ4n) is 2.12. The third-order valence-corrected chi connectivity index (χ3v) is 3.27. The number of aryl methyl sites for hydroxylation is 2. The Labute approximate surface area is 124 Å². The molecule has 1 aromatic carbocycles. The van der Waals surface area contributed by atoms with Crippen molar-refractivity contribution >= 4 is 11.6 Å². The molecule has 3 nitrogen and oxygen atoms in total. The summed E-state index contributed by atoms with van der Waals surface area (Å²) in [6.45, 7) is 5.28. The second kappa shape index (κ2) is 6.73. The summed E-state index contributed by atoms with van der Waals surface area (Å²) in [5.74, 6) is 0.885. The van der Waals surface area contributed by atoms with E-state index < -0.39 is 0 Å². The van der Waals surface area contributed by atoms with Crippen molar-refractivity contribution in [2.75, 3.05) is 7.05 Å². The number of halogens is 1. The Bertz CT molecular complexity index is 559. The second-order valence-electron chi connectivity index (χ2n) is 4.85. The molecule has 0 aliphatic carbocycles. The van der Waals surface area contributed by atoms with Gasteiger partial charge in [-0.3, -0.25) is 4.98 Å². The average molecular weight is 291 g/mol. The fraction of sp³-hybridized carbons (Fsp3) is 0.312. The molecule has 20 heavy (non-hydrogen) atoms. The standard InChI is InChI=1S/C16H19ClN2O/c1-11-6-14(17)7-12(2)16(11)20-10-15-5-4-13(8-18-3)9-19-15/h4-7,9,18H,8,10H2,1-3H3. The molecule has 0 saturated heterocycles. The summed E-state index contributed by atoms with van der Waals surface area (Å²) in [6.07, 6.45) is 1.87. The number of rotatable bonds is 5. The first-order valence-electron chi connectivity index (χ1n) is 6.58. The van der Waals surface area contributed by atoms with E-state index in [4.69, 9.17) is 16.3 Å². The van der Waals surface area contributed by atoms with Crippen LogP contribution in [0.1, 0.15) is 22.4 Å². The first kappa shape index (κ1) is 14.8. The van der Waals surface area contributed by atoms with Crippen molar-refractivity contribution in [3.05, 3.63) is 57.9 Å². The highest BCUT2D eigenvalue weighted by Crippen LogP contribution is 2.27. The topological polar surface area (TPSA) is 34.1 Å². The molecule has 1 aromatic heterocycles. The van der Waals surface area contributed by atoms with E-state index in [9.17, 15) is 0 Å². The Balaban J connectivity index is 2.05. The van der Waals surface area contributed by atoms with Gasteiger partial charge >= 0.3 is 0 Å². The van der Waals surface area contributed by atoms with Gasteiger partial charge in [0.1, 0.15) is 12.4 Å². The summed E-state index contributed by atoms with van der Waals surface area (Å²) in [4.78, 5) is 4.40. The number of hydrogen-bond acceptors (Lipinski definition) is 3.